The Morgan fingerprint density at radius 1 is 0.917 bits per heavy atom. The van der Waals surface area contributed by atoms with Gasteiger partial charge in [0.1, 0.15) is 5.70 Å². The largest absolute Gasteiger partial charge is 0.493 e. The monoisotopic (exact) mass is 492 g/mol. The molecule has 1 aliphatic rings. The number of rotatable bonds is 7. The number of amides is 2. The van der Waals surface area contributed by atoms with Crippen molar-refractivity contribution < 1.29 is 23.8 Å². The van der Waals surface area contributed by atoms with E-state index < -0.39 is 5.91 Å². The number of likely N-dealkylation sites (N-methyl/N-ethyl adjacent to an activating group) is 1. The maximum atomic E-state index is 13.6. The van der Waals surface area contributed by atoms with Gasteiger partial charge in [-0.15, -0.1) is 0 Å². The number of aromatic nitrogens is 1. The average molecular weight is 493 g/mol. The van der Waals surface area contributed by atoms with E-state index in [4.69, 9.17) is 14.2 Å². The molecule has 9 heteroatoms. The molecular formula is C27H32N4O5. The second-order valence-electron chi connectivity index (χ2n) is 8.73. The number of hydrogen-bond donors (Lipinski definition) is 1. The molecule has 2 amide bonds. The molecule has 0 atom stereocenters. The Bertz CT molecular complexity index is 1280. The van der Waals surface area contributed by atoms with Crippen molar-refractivity contribution in [1.29, 1.82) is 0 Å². The Labute approximate surface area is 210 Å². The zero-order valence-corrected chi connectivity index (χ0v) is 21.3. The van der Waals surface area contributed by atoms with Crippen LogP contribution in [0, 0.1) is 0 Å². The van der Waals surface area contributed by atoms with Crippen LogP contribution < -0.4 is 19.5 Å². The number of fused-ring (bicyclic) bond motifs is 1. The molecule has 0 radical (unpaired) electrons. The Morgan fingerprint density at radius 3 is 2.17 bits per heavy atom. The highest BCUT2D eigenvalue weighted by atomic mass is 16.5. The Kier molecular flexibility index (Phi) is 7.49. The molecular weight excluding hydrogens is 460 g/mol. The van der Waals surface area contributed by atoms with Crippen molar-refractivity contribution in [2.24, 2.45) is 7.05 Å². The van der Waals surface area contributed by atoms with Crippen LogP contribution in [-0.2, 0) is 11.8 Å². The summed E-state index contributed by atoms with van der Waals surface area (Å²) in [6.45, 7) is 2.72. The summed E-state index contributed by atoms with van der Waals surface area (Å²) >= 11 is 0. The van der Waals surface area contributed by atoms with Crippen LogP contribution in [0.15, 0.2) is 48.3 Å². The van der Waals surface area contributed by atoms with Gasteiger partial charge in [0, 0.05) is 61.5 Å². The first-order valence-electron chi connectivity index (χ1n) is 11.7. The molecule has 1 aliphatic heterocycles. The summed E-state index contributed by atoms with van der Waals surface area (Å²) in [6.07, 6.45) is 3.70. The number of piperazine rings is 1. The molecule has 0 aliphatic carbocycles. The zero-order valence-electron chi connectivity index (χ0n) is 21.3. The molecule has 2 aromatic carbocycles. The fraction of sp³-hybridized carbons (Fsp3) is 0.333. The predicted molar refractivity (Wildman–Crippen MR) is 139 cm³/mol. The van der Waals surface area contributed by atoms with Crippen LogP contribution in [0.1, 0.15) is 15.9 Å². The van der Waals surface area contributed by atoms with Gasteiger partial charge < -0.3 is 33.9 Å². The first-order chi connectivity index (χ1) is 17.4. The van der Waals surface area contributed by atoms with Crippen molar-refractivity contribution in [3.63, 3.8) is 0 Å². The summed E-state index contributed by atoms with van der Waals surface area (Å²) in [7, 11) is 8.46. The van der Waals surface area contributed by atoms with E-state index in [0.717, 1.165) is 29.6 Å². The number of hydrogen-bond acceptors (Lipinski definition) is 6. The van der Waals surface area contributed by atoms with Crippen LogP contribution in [0.25, 0.3) is 17.0 Å². The van der Waals surface area contributed by atoms with Gasteiger partial charge in [0.15, 0.2) is 11.5 Å². The molecule has 9 nitrogen and oxygen atoms in total. The summed E-state index contributed by atoms with van der Waals surface area (Å²) in [5.41, 5.74) is 2.36. The standard InChI is InChI=1S/C27H32N4O5/c1-29-10-12-31(13-11-29)27(33)21(14-19-17-30(2)22-9-7-6-8-20(19)22)28-26(32)18-15-23(34-3)25(36-5)24(16-18)35-4/h6-9,14-17H,10-13H2,1-5H3,(H,28,32)/b21-14-. The molecule has 190 valence electrons. The molecule has 1 aromatic heterocycles. The number of aryl methyl sites for hydroxylation is 1. The molecule has 2 heterocycles. The quantitative estimate of drug-likeness (QED) is 0.511. The van der Waals surface area contributed by atoms with Gasteiger partial charge >= 0.3 is 0 Å². The van der Waals surface area contributed by atoms with E-state index >= 15 is 0 Å². The van der Waals surface area contributed by atoms with Crippen molar-refractivity contribution in [3.8, 4) is 17.2 Å². The Balaban J connectivity index is 1.73. The molecule has 0 bridgehead atoms. The van der Waals surface area contributed by atoms with Crippen LogP contribution in [0.3, 0.4) is 0 Å². The lowest BCUT2D eigenvalue weighted by molar-refractivity contribution is -0.128. The van der Waals surface area contributed by atoms with Gasteiger partial charge in [-0.05, 0) is 31.3 Å². The highest BCUT2D eigenvalue weighted by Gasteiger charge is 2.25. The summed E-state index contributed by atoms with van der Waals surface area (Å²) in [4.78, 5) is 31.0. The van der Waals surface area contributed by atoms with Crippen molar-refractivity contribution in [1.82, 2.24) is 19.7 Å². The maximum absolute atomic E-state index is 13.6. The molecule has 3 aromatic rings. The molecule has 1 fully saturated rings. The summed E-state index contributed by atoms with van der Waals surface area (Å²) < 4.78 is 18.1. The van der Waals surface area contributed by atoms with Gasteiger partial charge in [-0.25, -0.2) is 0 Å². The molecule has 0 unspecified atom stereocenters. The number of methoxy groups -OCH3 is 3. The topological polar surface area (TPSA) is 85.3 Å². The fourth-order valence-electron chi connectivity index (χ4n) is 4.38. The van der Waals surface area contributed by atoms with Crippen LogP contribution in [0.5, 0.6) is 17.2 Å². The summed E-state index contributed by atoms with van der Waals surface area (Å²) in [5, 5.41) is 3.85. The first-order valence-corrected chi connectivity index (χ1v) is 11.7. The van der Waals surface area contributed by atoms with Gasteiger partial charge in [0.05, 0.1) is 21.3 Å². The van der Waals surface area contributed by atoms with Crippen molar-refractivity contribution in [2.75, 3.05) is 54.6 Å². The third kappa shape index (κ3) is 5.01. The lowest BCUT2D eigenvalue weighted by atomic mass is 10.1. The van der Waals surface area contributed by atoms with Crippen molar-refractivity contribution in [2.45, 2.75) is 0 Å². The summed E-state index contributed by atoms with van der Waals surface area (Å²) in [6, 6.07) is 11.1. The third-order valence-electron chi connectivity index (χ3n) is 6.42. The van der Waals surface area contributed by atoms with Crippen LogP contribution >= 0.6 is 0 Å². The lowest BCUT2D eigenvalue weighted by Gasteiger charge is -2.33. The SMILES string of the molecule is COc1cc(C(=O)N/C(=C\c2cn(C)c3ccccc23)C(=O)N2CCN(C)CC2)cc(OC)c1OC. The van der Waals surface area contributed by atoms with Gasteiger partial charge in [0.25, 0.3) is 11.8 Å². The molecule has 1 saturated heterocycles. The summed E-state index contributed by atoms with van der Waals surface area (Å²) in [5.74, 6) is 0.413. The Morgan fingerprint density at radius 2 is 1.56 bits per heavy atom. The van der Waals surface area contributed by atoms with Crippen LogP contribution in [-0.4, -0.2) is 80.7 Å². The highest BCUT2D eigenvalue weighted by molar-refractivity contribution is 6.07. The molecule has 36 heavy (non-hydrogen) atoms. The van der Waals surface area contributed by atoms with Crippen molar-refractivity contribution >= 4 is 28.8 Å². The van der Waals surface area contributed by atoms with Crippen molar-refractivity contribution in [3.05, 3.63) is 59.4 Å². The number of carbonyl (C=O) groups excluding carboxylic acids is 2. The van der Waals surface area contributed by atoms with E-state index in [1.165, 1.54) is 21.3 Å². The van der Waals surface area contributed by atoms with Gasteiger partial charge in [-0.3, -0.25) is 9.59 Å². The van der Waals surface area contributed by atoms with Crippen LogP contribution in [0.2, 0.25) is 0 Å². The lowest BCUT2D eigenvalue weighted by Crippen LogP contribution is -2.49. The van der Waals surface area contributed by atoms with E-state index in [2.05, 4.69) is 10.2 Å². The zero-order chi connectivity index (χ0) is 25.8. The fourth-order valence-corrected chi connectivity index (χ4v) is 4.38. The van der Waals surface area contributed by atoms with Gasteiger partial charge in [-0.2, -0.15) is 0 Å². The first kappa shape index (κ1) is 25.1. The number of ether oxygens (including phenoxy) is 3. The third-order valence-corrected chi connectivity index (χ3v) is 6.42. The normalized spacial score (nSPS) is 14.6. The van der Waals surface area contributed by atoms with E-state index in [1.807, 2.05) is 49.1 Å². The van der Waals surface area contributed by atoms with Crippen LogP contribution in [0.4, 0.5) is 0 Å². The molecule has 0 spiro atoms. The average Bonchev–Trinajstić information content (AvgIpc) is 3.22. The maximum Gasteiger partial charge on any atom is 0.270 e. The number of nitrogens with zero attached hydrogens (tertiary/aromatic N) is 3. The van der Waals surface area contributed by atoms with E-state index in [0.29, 0.717) is 30.3 Å². The number of nitrogens with one attached hydrogen (secondary N) is 1. The van der Waals surface area contributed by atoms with E-state index in [9.17, 15) is 9.59 Å². The minimum atomic E-state index is -0.455. The van der Waals surface area contributed by atoms with Gasteiger partial charge in [0.2, 0.25) is 5.75 Å². The number of carbonyl (C=O) groups is 2. The second-order valence-corrected chi connectivity index (χ2v) is 8.73. The van der Waals surface area contributed by atoms with E-state index in [1.54, 1.807) is 23.1 Å². The minimum Gasteiger partial charge on any atom is -0.493 e. The minimum absolute atomic E-state index is 0.203. The molecule has 4 rings (SSSR count). The number of para-hydroxylation sites is 1. The smallest absolute Gasteiger partial charge is 0.270 e. The highest BCUT2D eigenvalue weighted by Crippen LogP contribution is 2.38. The molecule has 1 N–H and O–H groups in total. The Hall–Kier alpha value is -3.98. The molecule has 0 saturated carbocycles. The van der Waals surface area contributed by atoms with E-state index in [-0.39, 0.29) is 17.2 Å². The number of benzene rings is 2. The van der Waals surface area contributed by atoms with Gasteiger partial charge in [-0.1, -0.05) is 18.2 Å². The predicted octanol–water partition coefficient (Wildman–Crippen LogP) is 2.75. The second kappa shape index (κ2) is 10.7.